The topological polar surface area (TPSA) is 52.1 Å². The first-order valence-corrected chi connectivity index (χ1v) is 11.7. The van der Waals surface area contributed by atoms with E-state index >= 15 is 0 Å². The molecule has 166 valence electrons. The van der Waals surface area contributed by atoms with E-state index in [2.05, 4.69) is 51.9 Å². The number of nitrogens with one attached hydrogen (secondary N) is 2. The Hall–Kier alpha value is -0.420. The van der Waals surface area contributed by atoms with Crippen molar-refractivity contribution in [2.24, 2.45) is 10.9 Å². The molecular weight excluding hydrogens is 497 g/mol. The highest BCUT2D eigenvalue weighted by Crippen LogP contribution is 2.26. The van der Waals surface area contributed by atoms with Crippen molar-refractivity contribution in [2.45, 2.75) is 32.2 Å². The predicted octanol–water partition coefficient (Wildman–Crippen LogP) is 3.03. The molecule has 29 heavy (non-hydrogen) atoms. The second-order valence-corrected chi connectivity index (χ2v) is 8.84. The molecule has 2 saturated heterocycles. The van der Waals surface area contributed by atoms with Crippen LogP contribution in [0.25, 0.3) is 0 Å². The van der Waals surface area contributed by atoms with Crippen LogP contribution in [0.1, 0.15) is 37.1 Å². The number of rotatable bonds is 8. The summed E-state index contributed by atoms with van der Waals surface area (Å²) in [5.74, 6) is 1.80. The van der Waals surface area contributed by atoms with Gasteiger partial charge in [0, 0.05) is 31.1 Å². The molecule has 0 spiro atoms. The molecule has 3 rings (SSSR count). The number of hydrogen-bond donors (Lipinski definition) is 2. The average Bonchev–Trinajstić information content (AvgIpc) is 3.25. The summed E-state index contributed by atoms with van der Waals surface area (Å²) in [6.07, 6.45) is 3.88. The van der Waals surface area contributed by atoms with E-state index in [4.69, 9.17) is 9.73 Å². The summed E-state index contributed by atoms with van der Waals surface area (Å²) in [5.41, 5.74) is 0. The molecule has 0 aliphatic carbocycles. The Morgan fingerprint density at radius 2 is 2.00 bits per heavy atom. The summed E-state index contributed by atoms with van der Waals surface area (Å²) >= 11 is 1.83. The van der Waals surface area contributed by atoms with Crippen LogP contribution in [0.4, 0.5) is 0 Å². The Morgan fingerprint density at radius 1 is 1.24 bits per heavy atom. The van der Waals surface area contributed by atoms with E-state index in [9.17, 15) is 0 Å². The van der Waals surface area contributed by atoms with Crippen molar-refractivity contribution in [1.82, 2.24) is 20.4 Å². The molecule has 0 amide bonds. The highest BCUT2D eigenvalue weighted by Gasteiger charge is 2.23. The Balaban J connectivity index is 0.00000300. The van der Waals surface area contributed by atoms with Gasteiger partial charge in [-0.05, 0) is 63.7 Å². The van der Waals surface area contributed by atoms with E-state index < -0.39 is 0 Å². The average molecular weight is 536 g/mol. The molecule has 8 heteroatoms. The van der Waals surface area contributed by atoms with Gasteiger partial charge in [-0.3, -0.25) is 9.89 Å². The van der Waals surface area contributed by atoms with E-state index in [1.54, 1.807) is 0 Å². The minimum absolute atomic E-state index is 0. The highest BCUT2D eigenvalue weighted by molar-refractivity contribution is 14.0. The fourth-order valence-electron chi connectivity index (χ4n) is 4.02. The maximum absolute atomic E-state index is 5.55. The van der Waals surface area contributed by atoms with Crippen molar-refractivity contribution < 1.29 is 4.74 Å². The lowest BCUT2D eigenvalue weighted by Crippen LogP contribution is -2.42. The molecule has 1 aromatic heterocycles. The number of piperidine rings is 1. The van der Waals surface area contributed by atoms with Gasteiger partial charge in [0.1, 0.15) is 0 Å². The minimum atomic E-state index is 0. The molecule has 2 aliphatic heterocycles. The zero-order valence-corrected chi connectivity index (χ0v) is 21.1. The molecule has 0 radical (unpaired) electrons. The fourth-order valence-corrected chi connectivity index (χ4v) is 4.87. The molecule has 0 aromatic carbocycles. The van der Waals surface area contributed by atoms with Crippen LogP contribution in [0.15, 0.2) is 22.5 Å². The third kappa shape index (κ3) is 8.32. The molecule has 2 N–H and O–H groups in total. The monoisotopic (exact) mass is 535 g/mol. The molecule has 6 nitrogen and oxygen atoms in total. The lowest BCUT2D eigenvalue weighted by Gasteiger charge is -2.33. The molecule has 0 saturated carbocycles. The van der Waals surface area contributed by atoms with E-state index in [0.29, 0.717) is 6.04 Å². The summed E-state index contributed by atoms with van der Waals surface area (Å²) in [5, 5.41) is 9.15. The van der Waals surface area contributed by atoms with Gasteiger partial charge in [-0.1, -0.05) is 6.07 Å². The number of halogens is 1. The lowest BCUT2D eigenvalue weighted by atomic mass is 9.94. The van der Waals surface area contributed by atoms with Crippen molar-refractivity contribution in [3.63, 3.8) is 0 Å². The van der Waals surface area contributed by atoms with Gasteiger partial charge in [0.25, 0.3) is 0 Å². The number of thiophene rings is 1. The first-order chi connectivity index (χ1) is 13.8. The Morgan fingerprint density at radius 3 is 2.66 bits per heavy atom. The van der Waals surface area contributed by atoms with E-state index in [-0.39, 0.29) is 24.0 Å². The van der Waals surface area contributed by atoms with Crippen molar-refractivity contribution in [2.75, 3.05) is 66.1 Å². The number of aliphatic imine (C=N–C) groups is 1. The van der Waals surface area contributed by atoms with Gasteiger partial charge < -0.3 is 20.3 Å². The molecule has 2 aliphatic rings. The van der Waals surface area contributed by atoms with E-state index in [1.165, 1.54) is 37.2 Å². The van der Waals surface area contributed by atoms with Crippen molar-refractivity contribution in [3.05, 3.63) is 22.4 Å². The standard InChI is InChI=1S/C21H37N5OS.HI/c1-3-22-21(23-9-6-18-7-10-25(2)11-8-18)24-17-19(20-5-4-16-28-20)26-12-14-27-15-13-26;/h4-5,16,18-19H,3,6-15,17H2,1-2H3,(H2,22,23,24);1H. The number of likely N-dealkylation sites (tertiary alicyclic amines) is 1. The SMILES string of the molecule is CCNC(=NCC(c1cccs1)N1CCOCC1)NCCC1CCN(C)CC1.I. The number of morpholine rings is 1. The Kier molecular flexibility index (Phi) is 11.8. The van der Waals surface area contributed by atoms with Crippen molar-refractivity contribution in [3.8, 4) is 0 Å². The molecule has 0 bridgehead atoms. The summed E-state index contributed by atoms with van der Waals surface area (Å²) < 4.78 is 5.55. The predicted molar refractivity (Wildman–Crippen MR) is 134 cm³/mol. The van der Waals surface area contributed by atoms with Crippen LogP contribution in [-0.4, -0.2) is 81.8 Å². The first kappa shape index (κ1) is 24.8. The number of nitrogens with zero attached hydrogens (tertiary/aromatic N) is 3. The third-order valence-corrected chi connectivity index (χ3v) is 6.78. The molecular formula is C21H38IN5OS. The van der Waals surface area contributed by atoms with Gasteiger partial charge in [-0.15, -0.1) is 35.3 Å². The van der Waals surface area contributed by atoms with Crippen LogP contribution in [0, 0.1) is 5.92 Å². The van der Waals surface area contributed by atoms with E-state index in [0.717, 1.165) is 57.8 Å². The maximum atomic E-state index is 5.55. The van der Waals surface area contributed by atoms with Crippen molar-refractivity contribution >= 4 is 41.3 Å². The van der Waals surface area contributed by atoms with E-state index in [1.807, 2.05) is 11.3 Å². The quantitative estimate of drug-likeness (QED) is 0.305. The molecule has 1 atom stereocenters. The molecule has 1 unspecified atom stereocenters. The zero-order valence-electron chi connectivity index (χ0n) is 17.9. The second kappa shape index (κ2) is 13.8. The van der Waals surface area contributed by atoms with Gasteiger partial charge in [0.05, 0.1) is 25.8 Å². The van der Waals surface area contributed by atoms with Gasteiger partial charge >= 0.3 is 0 Å². The van der Waals surface area contributed by atoms with Crippen LogP contribution >= 0.6 is 35.3 Å². The summed E-state index contributed by atoms with van der Waals surface area (Å²) in [4.78, 5) is 11.3. The third-order valence-electron chi connectivity index (χ3n) is 5.81. The normalized spacial score (nSPS) is 20.8. The van der Waals surface area contributed by atoms with Crippen LogP contribution in [0.3, 0.4) is 0 Å². The van der Waals surface area contributed by atoms with Gasteiger partial charge in [0.15, 0.2) is 5.96 Å². The van der Waals surface area contributed by atoms with Gasteiger partial charge in [-0.25, -0.2) is 0 Å². The summed E-state index contributed by atoms with van der Waals surface area (Å²) in [7, 11) is 2.23. The Bertz CT molecular complexity index is 572. The smallest absolute Gasteiger partial charge is 0.191 e. The van der Waals surface area contributed by atoms with Crippen molar-refractivity contribution in [1.29, 1.82) is 0 Å². The van der Waals surface area contributed by atoms with Gasteiger partial charge in [0.2, 0.25) is 0 Å². The lowest BCUT2D eigenvalue weighted by molar-refractivity contribution is 0.0186. The number of hydrogen-bond acceptors (Lipinski definition) is 5. The Labute approximate surface area is 197 Å². The van der Waals surface area contributed by atoms with Crippen LogP contribution in [0.2, 0.25) is 0 Å². The minimum Gasteiger partial charge on any atom is -0.379 e. The zero-order chi connectivity index (χ0) is 19.6. The summed E-state index contributed by atoms with van der Waals surface area (Å²) in [6.45, 7) is 10.9. The second-order valence-electron chi connectivity index (χ2n) is 7.86. The molecule has 1 aromatic rings. The van der Waals surface area contributed by atoms with Crippen LogP contribution < -0.4 is 10.6 Å². The number of guanidine groups is 1. The van der Waals surface area contributed by atoms with Crippen LogP contribution in [0.5, 0.6) is 0 Å². The van der Waals surface area contributed by atoms with Gasteiger partial charge in [-0.2, -0.15) is 0 Å². The summed E-state index contributed by atoms with van der Waals surface area (Å²) in [6, 6.07) is 4.72. The largest absolute Gasteiger partial charge is 0.379 e. The maximum Gasteiger partial charge on any atom is 0.191 e. The molecule has 3 heterocycles. The highest BCUT2D eigenvalue weighted by atomic mass is 127. The number of ether oxygens (including phenoxy) is 1. The molecule has 2 fully saturated rings. The first-order valence-electron chi connectivity index (χ1n) is 10.8. The van der Waals surface area contributed by atoms with Crippen LogP contribution in [-0.2, 0) is 4.74 Å². The fraction of sp³-hybridized carbons (Fsp3) is 0.762.